The van der Waals surface area contributed by atoms with E-state index in [1.165, 1.54) is 20.3 Å². The smallest absolute Gasteiger partial charge is 0.0979 e. The first kappa shape index (κ1) is 22.1. The molecule has 0 N–H and O–H groups in total. The first-order valence-corrected chi connectivity index (χ1v) is 11.6. The lowest BCUT2D eigenvalue weighted by Gasteiger charge is -2.04. The summed E-state index contributed by atoms with van der Waals surface area (Å²) in [6, 6.07) is 19.3. The third-order valence-corrected chi connectivity index (χ3v) is 7.12. The van der Waals surface area contributed by atoms with E-state index in [0.29, 0.717) is 0 Å². The van der Waals surface area contributed by atoms with Gasteiger partial charge in [-0.3, -0.25) is 0 Å². The van der Waals surface area contributed by atoms with Crippen molar-refractivity contribution in [2.24, 2.45) is 0 Å². The molecular weight excluding hydrogens is 376 g/mol. The Labute approximate surface area is 177 Å². The molecular formula is C26H29S2+. The van der Waals surface area contributed by atoms with E-state index in [4.69, 9.17) is 0 Å². The van der Waals surface area contributed by atoms with Crippen LogP contribution < -0.4 is 0 Å². The Morgan fingerprint density at radius 3 is 2.39 bits per heavy atom. The number of allylic oxidation sites excluding steroid dienone is 6. The van der Waals surface area contributed by atoms with E-state index in [2.05, 4.69) is 118 Å². The fourth-order valence-corrected chi connectivity index (χ4v) is 5.03. The van der Waals surface area contributed by atoms with E-state index in [1.807, 2.05) is 6.08 Å². The first-order valence-electron chi connectivity index (χ1n) is 9.54. The van der Waals surface area contributed by atoms with Gasteiger partial charge in [0.25, 0.3) is 0 Å². The van der Waals surface area contributed by atoms with E-state index in [1.54, 1.807) is 11.8 Å². The molecule has 0 fully saturated rings. The largest absolute Gasteiger partial charge is 0.165 e. The van der Waals surface area contributed by atoms with Crippen molar-refractivity contribution in [1.29, 1.82) is 0 Å². The Balaban J connectivity index is 2.24. The molecule has 0 radical (unpaired) electrons. The van der Waals surface area contributed by atoms with Crippen LogP contribution in [0.4, 0.5) is 0 Å². The molecule has 0 aromatic heterocycles. The van der Waals surface area contributed by atoms with Gasteiger partial charge in [0.05, 0.1) is 10.9 Å². The predicted octanol–water partition coefficient (Wildman–Crippen LogP) is 8.22. The number of hydrogen-bond acceptors (Lipinski definition) is 1. The van der Waals surface area contributed by atoms with E-state index >= 15 is 0 Å². The molecule has 1 atom stereocenters. The molecule has 0 aliphatic heterocycles. The molecule has 0 spiro atoms. The molecule has 0 bridgehead atoms. The van der Waals surface area contributed by atoms with Gasteiger partial charge < -0.3 is 0 Å². The SMILES string of the molecule is C=C/C(=C\C=C\[S+](C(/C=C\CC)=C/C)c1ccccc1)Sc1ccc(C)cc1. The predicted molar refractivity (Wildman–Crippen MR) is 130 cm³/mol. The summed E-state index contributed by atoms with van der Waals surface area (Å²) < 4.78 is 0. The third-order valence-electron chi connectivity index (χ3n) is 3.99. The van der Waals surface area contributed by atoms with Crippen LogP contribution in [-0.2, 0) is 10.9 Å². The Hall–Kier alpha value is -2.16. The van der Waals surface area contributed by atoms with Gasteiger partial charge >= 0.3 is 0 Å². The van der Waals surface area contributed by atoms with Crippen molar-refractivity contribution >= 4 is 22.7 Å². The average Bonchev–Trinajstić information content (AvgIpc) is 2.74. The Kier molecular flexibility index (Phi) is 9.74. The summed E-state index contributed by atoms with van der Waals surface area (Å²) in [5.74, 6) is 0. The maximum Gasteiger partial charge on any atom is 0.165 e. The van der Waals surface area contributed by atoms with Gasteiger partial charge in [-0.1, -0.05) is 73.3 Å². The minimum Gasteiger partial charge on any atom is -0.0979 e. The topological polar surface area (TPSA) is 0 Å². The number of hydrogen-bond donors (Lipinski definition) is 0. The monoisotopic (exact) mass is 405 g/mol. The van der Waals surface area contributed by atoms with Gasteiger partial charge in [-0.2, -0.15) is 0 Å². The molecule has 1 unspecified atom stereocenters. The van der Waals surface area contributed by atoms with Gasteiger partial charge in [0.2, 0.25) is 0 Å². The Morgan fingerprint density at radius 1 is 1.07 bits per heavy atom. The molecule has 2 aromatic rings. The molecule has 0 saturated heterocycles. The van der Waals surface area contributed by atoms with Crippen molar-refractivity contribution in [1.82, 2.24) is 0 Å². The second-order valence-electron chi connectivity index (χ2n) is 6.17. The van der Waals surface area contributed by atoms with Gasteiger partial charge in [-0.15, -0.1) is 0 Å². The fourth-order valence-electron chi connectivity index (χ4n) is 2.49. The average molecular weight is 406 g/mol. The van der Waals surface area contributed by atoms with Gasteiger partial charge in [0, 0.05) is 9.80 Å². The minimum atomic E-state index is -0.0895. The summed E-state index contributed by atoms with van der Waals surface area (Å²) in [5.41, 5.74) is 1.28. The van der Waals surface area contributed by atoms with Crippen LogP contribution >= 0.6 is 11.8 Å². The normalized spacial score (nSPS) is 14.0. The molecule has 2 rings (SSSR count). The van der Waals surface area contributed by atoms with E-state index < -0.39 is 0 Å². The van der Waals surface area contributed by atoms with Crippen LogP contribution in [0.5, 0.6) is 0 Å². The number of rotatable bonds is 9. The van der Waals surface area contributed by atoms with Crippen molar-refractivity contribution < 1.29 is 0 Å². The molecule has 2 heteroatoms. The van der Waals surface area contributed by atoms with E-state index in [0.717, 1.165) is 11.3 Å². The maximum absolute atomic E-state index is 3.98. The molecule has 28 heavy (non-hydrogen) atoms. The summed E-state index contributed by atoms with van der Waals surface area (Å²) in [5, 5.41) is 2.30. The van der Waals surface area contributed by atoms with Gasteiger partial charge in [-0.25, -0.2) is 0 Å². The Morgan fingerprint density at radius 2 is 1.79 bits per heavy atom. The summed E-state index contributed by atoms with van der Waals surface area (Å²) in [6.45, 7) is 10.4. The van der Waals surface area contributed by atoms with Crippen LogP contribution in [0.1, 0.15) is 25.8 Å². The van der Waals surface area contributed by atoms with Gasteiger partial charge in [0.15, 0.2) is 9.80 Å². The highest BCUT2D eigenvalue weighted by Crippen LogP contribution is 2.28. The van der Waals surface area contributed by atoms with Crippen molar-refractivity contribution in [2.75, 3.05) is 0 Å². The van der Waals surface area contributed by atoms with E-state index in [-0.39, 0.29) is 10.9 Å². The van der Waals surface area contributed by atoms with Crippen LogP contribution in [0.25, 0.3) is 0 Å². The van der Waals surface area contributed by atoms with Crippen LogP contribution in [0.15, 0.2) is 123 Å². The molecule has 0 amide bonds. The summed E-state index contributed by atoms with van der Waals surface area (Å²) in [7, 11) is -0.0895. The number of benzene rings is 2. The number of thioether (sulfide) groups is 1. The Bertz CT molecular complexity index is 853. The highest BCUT2D eigenvalue weighted by atomic mass is 32.2. The van der Waals surface area contributed by atoms with Crippen molar-refractivity contribution in [3.63, 3.8) is 0 Å². The van der Waals surface area contributed by atoms with Crippen molar-refractivity contribution in [3.05, 3.63) is 118 Å². The zero-order chi connectivity index (χ0) is 20.2. The molecule has 2 aromatic carbocycles. The van der Waals surface area contributed by atoms with Gasteiger partial charge in [-0.05, 0) is 68.8 Å². The maximum atomic E-state index is 3.98. The van der Waals surface area contributed by atoms with Gasteiger partial charge in [0.1, 0.15) is 5.41 Å². The molecule has 0 nitrogen and oxygen atoms in total. The number of aryl methyl sites for hydroxylation is 1. The lowest BCUT2D eigenvalue weighted by molar-refractivity contribution is 1.22. The first-order chi connectivity index (χ1) is 13.7. The van der Waals surface area contributed by atoms with Crippen LogP contribution in [0.2, 0.25) is 0 Å². The molecule has 0 aliphatic rings. The highest BCUT2D eigenvalue weighted by Gasteiger charge is 2.22. The molecule has 0 heterocycles. The fraction of sp³-hybridized carbons (Fsp3) is 0.154. The van der Waals surface area contributed by atoms with Crippen molar-refractivity contribution in [2.45, 2.75) is 37.0 Å². The zero-order valence-electron chi connectivity index (χ0n) is 17.0. The summed E-state index contributed by atoms with van der Waals surface area (Å²) >= 11 is 1.74. The molecule has 0 saturated carbocycles. The lowest BCUT2D eigenvalue weighted by Crippen LogP contribution is -2.00. The summed E-state index contributed by atoms with van der Waals surface area (Å²) in [6.07, 6.45) is 14.0. The molecule has 144 valence electrons. The molecule has 0 aliphatic carbocycles. The lowest BCUT2D eigenvalue weighted by atomic mass is 10.2. The summed E-state index contributed by atoms with van der Waals surface area (Å²) in [4.78, 5) is 5.03. The minimum absolute atomic E-state index is 0.0895. The van der Waals surface area contributed by atoms with E-state index in [9.17, 15) is 0 Å². The zero-order valence-corrected chi connectivity index (χ0v) is 18.6. The van der Waals surface area contributed by atoms with Crippen molar-refractivity contribution in [3.8, 4) is 0 Å². The third kappa shape index (κ3) is 7.10. The van der Waals surface area contributed by atoms with Crippen LogP contribution in [0.3, 0.4) is 0 Å². The standard InChI is InChI=1S/C26H29S2/c1-5-8-14-25(7-3)28(26-15-10-9-11-16-26)21-12-13-23(6-2)27-24-19-17-22(4)18-20-24/h6-21H,2,5H2,1,3-4H3/q+1/b14-8-,21-12+,23-13+,25-7+. The van der Waals surface area contributed by atoms with Crippen LogP contribution in [-0.4, -0.2) is 0 Å². The second kappa shape index (κ2) is 12.3. The second-order valence-corrected chi connectivity index (χ2v) is 9.21. The highest BCUT2D eigenvalue weighted by molar-refractivity contribution is 8.03. The van der Waals surface area contributed by atoms with Crippen LogP contribution in [0, 0.1) is 6.92 Å². The quantitative estimate of drug-likeness (QED) is 0.230.